The maximum atomic E-state index is 8.64. The molecule has 0 atom stereocenters. The van der Waals surface area contributed by atoms with E-state index in [0.717, 1.165) is 25.0 Å². The van der Waals surface area contributed by atoms with Crippen LogP contribution in [0.5, 0.6) is 0 Å². The second-order valence-electron chi connectivity index (χ2n) is 3.14. The van der Waals surface area contributed by atoms with Crippen LogP contribution in [0.3, 0.4) is 0 Å². The van der Waals surface area contributed by atoms with Gasteiger partial charge in [-0.3, -0.25) is 0 Å². The smallest absolute Gasteiger partial charge is 0.140 e. The van der Waals surface area contributed by atoms with Gasteiger partial charge in [0.1, 0.15) is 11.8 Å². The van der Waals surface area contributed by atoms with Crippen LogP contribution in [-0.4, -0.2) is 11.6 Å². The van der Waals surface area contributed by atoms with Gasteiger partial charge < -0.3 is 4.74 Å². The van der Waals surface area contributed by atoms with Crippen LogP contribution in [0.25, 0.3) is 0 Å². The Morgan fingerprint density at radius 1 is 1.60 bits per heavy atom. The standard InChI is InChI=1S/C12H14N2O/c1-2-3-4-7-15-10-11-5-6-14-12(8-11)9-13/h2,5-6,8H,1,3-4,7,10H2. The first-order valence-corrected chi connectivity index (χ1v) is 4.90. The highest BCUT2D eigenvalue weighted by Crippen LogP contribution is 2.03. The summed E-state index contributed by atoms with van der Waals surface area (Å²) in [6, 6.07) is 5.60. The number of nitrogens with zero attached hydrogens (tertiary/aromatic N) is 2. The molecular weight excluding hydrogens is 188 g/mol. The van der Waals surface area contributed by atoms with Gasteiger partial charge in [-0.15, -0.1) is 6.58 Å². The largest absolute Gasteiger partial charge is 0.377 e. The maximum Gasteiger partial charge on any atom is 0.140 e. The summed E-state index contributed by atoms with van der Waals surface area (Å²) < 4.78 is 5.44. The number of allylic oxidation sites excluding steroid dienone is 1. The van der Waals surface area contributed by atoms with Crippen molar-refractivity contribution in [2.45, 2.75) is 19.4 Å². The van der Waals surface area contributed by atoms with Crippen LogP contribution in [0.1, 0.15) is 24.1 Å². The normalized spacial score (nSPS) is 9.53. The molecule has 0 spiro atoms. The second-order valence-corrected chi connectivity index (χ2v) is 3.14. The lowest BCUT2D eigenvalue weighted by Gasteiger charge is -2.03. The van der Waals surface area contributed by atoms with E-state index in [-0.39, 0.29) is 0 Å². The van der Waals surface area contributed by atoms with Crippen molar-refractivity contribution in [3.05, 3.63) is 42.2 Å². The van der Waals surface area contributed by atoms with E-state index in [1.165, 1.54) is 0 Å². The van der Waals surface area contributed by atoms with Gasteiger partial charge in [-0.25, -0.2) is 4.98 Å². The minimum absolute atomic E-state index is 0.433. The molecule has 0 aliphatic carbocycles. The third-order valence-corrected chi connectivity index (χ3v) is 1.90. The van der Waals surface area contributed by atoms with Crippen molar-refractivity contribution in [3.8, 4) is 6.07 Å². The molecule has 78 valence electrons. The summed E-state index contributed by atoms with van der Waals surface area (Å²) in [5, 5.41) is 8.64. The summed E-state index contributed by atoms with van der Waals surface area (Å²) in [6.45, 7) is 4.89. The fourth-order valence-electron chi connectivity index (χ4n) is 1.14. The van der Waals surface area contributed by atoms with E-state index in [1.54, 1.807) is 12.3 Å². The van der Waals surface area contributed by atoms with Crippen molar-refractivity contribution in [1.29, 1.82) is 5.26 Å². The Balaban J connectivity index is 2.31. The molecule has 0 aliphatic heterocycles. The minimum atomic E-state index is 0.433. The highest BCUT2D eigenvalue weighted by molar-refractivity contribution is 5.24. The third kappa shape index (κ3) is 4.39. The number of hydrogen-bond donors (Lipinski definition) is 0. The lowest BCUT2D eigenvalue weighted by molar-refractivity contribution is 0.119. The van der Waals surface area contributed by atoms with Crippen molar-refractivity contribution < 1.29 is 4.74 Å². The quantitative estimate of drug-likeness (QED) is 0.525. The van der Waals surface area contributed by atoms with Crippen LogP contribution in [0.15, 0.2) is 31.0 Å². The molecule has 15 heavy (non-hydrogen) atoms. The number of rotatable bonds is 6. The topological polar surface area (TPSA) is 45.9 Å². The van der Waals surface area contributed by atoms with Gasteiger partial charge in [0.15, 0.2) is 0 Å². The first-order chi connectivity index (χ1) is 7.36. The summed E-state index contributed by atoms with van der Waals surface area (Å²) in [5.74, 6) is 0. The van der Waals surface area contributed by atoms with Gasteiger partial charge in [-0.1, -0.05) is 6.08 Å². The summed E-state index contributed by atoms with van der Waals surface area (Å²) in [6.07, 6.45) is 5.46. The number of unbranched alkanes of at least 4 members (excludes halogenated alkanes) is 1. The molecule has 0 bridgehead atoms. The van der Waals surface area contributed by atoms with E-state index >= 15 is 0 Å². The SMILES string of the molecule is C=CCCCOCc1ccnc(C#N)c1. The van der Waals surface area contributed by atoms with Crippen LogP contribution in [0.2, 0.25) is 0 Å². The zero-order chi connectivity index (χ0) is 10.9. The number of ether oxygens (including phenoxy) is 1. The molecule has 1 heterocycles. The van der Waals surface area contributed by atoms with Crippen molar-refractivity contribution in [2.24, 2.45) is 0 Å². The molecule has 0 amide bonds. The predicted octanol–water partition coefficient (Wildman–Crippen LogP) is 2.44. The third-order valence-electron chi connectivity index (χ3n) is 1.90. The van der Waals surface area contributed by atoms with E-state index in [4.69, 9.17) is 10.00 Å². The van der Waals surface area contributed by atoms with Gasteiger partial charge in [0.05, 0.1) is 6.61 Å². The Labute approximate surface area is 90.0 Å². The van der Waals surface area contributed by atoms with Crippen molar-refractivity contribution in [3.63, 3.8) is 0 Å². The molecule has 0 radical (unpaired) electrons. The Hall–Kier alpha value is -1.66. The van der Waals surface area contributed by atoms with E-state index in [1.807, 2.05) is 18.2 Å². The monoisotopic (exact) mass is 202 g/mol. The average molecular weight is 202 g/mol. The molecule has 1 aromatic rings. The van der Waals surface area contributed by atoms with Gasteiger partial charge in [0.25, 0.3) is 0 Å². The molecule has 3 nitrogen and oxygen atoms in total. The van der Waals surface area contributed by atoms with Crippen molar-refractivity contribution in [1.82, 2.24) is 4.98 Å². The molecular formula is C12H14N2O. The number of hydrogen-bond acceptors (Lipinski definition) is 3. The second kappa shape index (κ2) is 6.74. The molecule has 0 unspecified atom stereocenters. The molecule has 3 heteroatoms. The van der Waals surface area contributed by atoms with E-state index in [9.17, 15) is 0 Å². The molecule has 0 aromatic carbocycles. The summed E-state index contributed by atoms with van der Waals surface area (Å²) in [4.78, 5) is 3.89. The van der Waals surface area contributed by atoms with Crippen LogP contribution >= 0.6 is 0 Å². The maximum absolute atomic E-state index is 8.64. The van der Waals surface area contributed by atoms with E-state index < -0.39 is 0 Å². The minimum Gasteiger partial charge on any atom is -0.377 e. The Kier molecular flexibility index (Phi) is 5.13. The lowest BCUT2D eigenvalue weighted by Crippen LogP contribution is -1.96. The van der Waals surface area contributed by atoms with Gasteiger partial charge in [0, 0.05) is 12.8 Å². The van der Waals surface area contributed by atoms with Crippen LogP contribution in [0, 0.1) is 11.3 Å². The van der Waals surface area contributed by atoms with E-state index in [0.29, 0.717) is 12.3 Å². The zero-order valence-electron chi connectivity index (χ0n) is 8.65. The predicted molar refractivity (Wildman–Crippen MR) is 58.0 cm³/mol. The van der Waals surface area contributed by atoms with Gasteiger partial charge in [0.2, 0.25) is 0 Å². The molecule has 0 fully saturated rings. The van der Waals surface area contributed by atoms with Crippen LogP contribution in [0.4, 0.5) is 0 Å². The molecule has 0 saturated carbocycles. The highest BCUT2D eigenvalue weighted by Gasteiger charge is 1.96. The van der Waals surface area contributed by atoms with Crippen molar-refractivity contribution in [2.75, 3.05) is 6.61 Å². The number of aromatic nitrogens is 1. The Morgan fingerprint density at radius 3 is 3.20 bits per heavy atom. The Morgan fingerprint density at radius 2 is 2.47 bits per heavy atom. The average Bonchev–Trinajstić information content (AvgIpc) is 2.29. The van der Waals surface area contributed by atoms with Crippen LogP contribution in [-0.2, 0) is 11.3 Å². The number of pyridine rings is 1. The van der Waals surface area contributed by atoms with E-state index in [2.05, 4.69) is 11.6 Å². The first-order valence-electron chi connectivity index (χ1n) is 4.90. The van der Waals surface area contributed by atoms with Gasteiger partial charge >= 0.3 is 0 Å². The van der Waals surface area contributed by atoms with Crippen molar-refractivity contribution >= 4 is 0 Å². The fourth-order valence-corrected chi connectivity index (χ4v) is 1.14. The molecule has 0 aliphatic rings. The fraction of sp³-hybridized carbons (Fsp3) is 0.333. The summed E-state index contributed by atoms with van der Waals surface area (Å²) >= 11 is 0. The number of nitriles is 1. The van der Waals surface area contributed by atoms with Gasteiger partial charge in [-0.2, -0.15) is 5.26 Å². The molecule has 1 aromatic heterocycles. The molecule has 1 rings (SSSR count). The lowest BCUT2D eigenvalue weighted by atomic mass is 10.2. The first kappa shape index (κ1) is 11.4. The Bertz CT molecular complexity index is 355. The van der Waals surface area contributed by atoms with Crippen LogP contribution < -0.4 is 0 Å². The zero-order valence-corrected chi connectivity index (χ0v) is 8.65. The molecule has 0 saturated heterocycles. The summed E-state index contributed by atoms with van der Waals surface area (Å²) in [7, 11) is 0. The highest BCUT2D eigenvalue weighted by atomic mass is 16.5. The molecule has 0 N–H and O–H groups in total. The van der Waals surface area contributed by atoms with Gasteiger partial charge in [-0.05, 0) is 30.5 Å². The summed E-state index contributed by atoms with van der Waals surface area (Å²) in [5.41, 5.74) is 1.42.